The van der Waals surface area contributed by atoms with Crippen molar-refractivity contribution >= 4 is 17.5 Å². The summed E-state index contributed by atoms with van der Waals surface area (Å²) in [6, 6.07) is 11.3. The SMILES string of the molecule is CNC(=O)c1cc(-c2cccc(CN3O[C@H]4CO[C@H](C)[C@H]4[C@H]3C(=O)N[C@H]3C=C4C[C@@H]([C@@H]3C)C4(C)C)c2OC)cc(N(C)C)c1. The highest BCUT2D eigenvalue weighted by Crippen LogP contribution is 2.58. The maximum Gasteiger partial charge on any atom is 0.251 e. The van der Waals surface area contributed by atoms with Crippen LogP contribution in [-0.2, 0) is 20.9 Å². The number of hydrogen-bond acceptors (Lipinski definition) is 7. The Hall–Kier alpha value is -3.40. The van der Waals surface area contributed by atoms with Crippen molar-refractivity contribution < 1.29 is 23.9 Å². The molecule has 2 aromatic carbocycles. The molecule has 44 heavy (non-hydrogen) atoms. The molecule has 1 saturated carbocycles. The van der Waals surface area contributed by atoms with E-state index in [1.165, 1.54) is 5.57 Å². The monoisotopic (exact) mass is 602 g/mol. The molecule has 5 aliphatic rings. The number of anilines is 1. The van der Waals surface area contributed by atoms with Crippen LogP contribution in [0.15, 0.2) is 48.0 Å². The number of ether oxygens (including phenoxy) is 2. The number of carbonyl (C=O) groups excluding carboxylic acids is 2. The first-order valence-corrected chi connectivity index (χ1v) is 15.7. The van der Waals surface area contributed by atoms with E-state index in [1.807, 2.05) is 67.4 Å². The van der Waals surface area contributed by atoms with Crippen LogP contribution in [0.25, 0.3) is 11.1 Å². The van der Waals surface area contributed by atoms with Gasteiger partial charge in [-0.05, 0) is 54.4 Å². The number of carbonyl (C=O) groups is 2. The molecule has 7 atom stereocenters. The molecule has 2 aliphatic heterocycles. The molecule has 7 rings (SSSR count). The Bertz CT molecular complexity index is 1490. The summed E-state index contributed by atoms with van der Waals surface area (Å²) in [6.07, 6.45) is 3.14. The number of fused-ring (bicyclic) bond motifs is 3. The Labute approximate surface area is 260 Å². The average Bonchev–Trinajstić information content (AvgIpc) is 3.55. The second-order valence-electron chi connectivity index (χ2n) is 13.6. The fraction of sp³-hybridized carbons (Fsp3) is 0.543. The van der Waals surface area contributed by atoms with Gasteiger partial charge >= 0.3 is 0 Å². The van der Waals surface area contributed by atoms with Gasteiger partial charge in [-0.3, -0.25) is 14.4 Å². The summed E-state index contributed by atoms with van der Waals surface area (Å²) in [5.74, 6) is 1.37. The maximum atomic E-state index is 14.1. The number of amides is 2. The van der Waals surface area contributed by atoms with Crippen LogP contribution in [0.2, 0.25) is 0 Å². The zero-order valence-corrected chi connectivity index (χ0v) is 27.1. The van der Waals surface area contributed by atoms with Crippen molar-refractivity contribution in [2.24, 2.45) is 23.2 Å². The van der Waals surface area contributed by atoms with E-state index in [2.05, 4.69) is 37.5 Å². The van der Waals surface area contributed by atoms with Crippen molar-refractivity contribution in [2.45, 2.75) is 65.0 Å². The number of hydrogen-bond donors (Lipinski definition) is 2. The molecule has 0 radical (unpaired) electrons. The van der Waals surface area contributed by atoms with E-state index in [-0.39, 0.29) is 41.4 Å². The lowest BCUT2D eigenvalue weighted by Crippen LogP contribution is -2.57. The fourth-order valence-electron chi connectivity index (χ4n) is 7.88. The molecule has 2 N–H and O–H groups in total. The summed E-state index contributed by atoms with van der Waals surface area (Å²) in [5, 5.41) is 7.96. The number of allylic oxidation sites excluding steroid dienone is 1. The molecular formula is C35H46N4O5. The third-order valence-corrected chi connectivity index (χ3v) is 10.7. The van der Waals surface area contributed by atoms with Crippen molar-refractivity contribution in [3.63, 3.8) is 0 Å². The predicted octanol–water partition coefficient (Wildman–Crippen LogP) is 4.41. The minimum Gasteiger partial charge on any atom is -0.496 e. The number of hydroxylamine groups is 2. The Morgan fingerprint density at radius 2 is 1.93 bits per heavy atom. The molecule has 3 aliphatic carbocycles. The minimum atomic E-state index is -0.500. The second kappa shape index (κ2) is 11.5. The van der Waals surface area contributed by atoms with Crippen LogP contribution in [0.3, 0.4) is 0 Å². The van der Waals surface area contributed by atoms with E-state index < -0.39 is 6.04 Å². The summed E-state index contributed by atoms with van der Waals surface area (Å²) in [4.78, 5) is 35.2. The molecule has 2 heterocycles. The van der Waals surface area contributed by atoms with Gasteiger partial charge in [0.05, 0.1) is 32.4 Å². The number of para-hydroxylation sites is 1. The van der Waals surface area contributed by atoms with E-state index in [9.17, 15) is 9.59 Å². The standard InChI is InChI=1S/C35H46N4O5/c1-19-27-15-24(35(27,3)4)16-28(19)37-34(41)31-30-20(2)43-18-29(30)44-39(31)17-21-10-9-11-26(32(21)42-8)22-12-23(33(40)36-5)14-25(13-22)38(6)7/h9-14,16,19-20,27-31H,15,17-18H2,1-8H3,(H,36,40)(H,37,41)/t19-,20+,27-,28-,29-,30+,31-/m0/s1. The largest absolute Gasteiger partial charge is 0.496 e. The van der Waals surface area contributed by atoms with Gasteiger partial charge in [-0.15, -0.1) is 0 Å². The van der Waals surface area contributed by atoms with Gasteiger partial charge in [0.25, 0.3) is 5.91 Å². The summed E-state index contributed by atoms with van der Waals surface area (Å²) in [6.45, 7) is 9.74. The molecule has 2 amide bonds. The summed E-state index contributed by atoms with van der Waals surface area (Å²) < 4.78 is 12.0. The molecule has 236 valence electrons. The minimum absolute atomic E-state index is 0.0131. The van der Waals surface area contributed by atoms with E-state index in [0.29, 0.717) is 36.3 Å². The van der Waals surface area contributed by atoms with Crippen LogP contribution >= 0.6 is 0 Å². The third kappa shape index (κ3) is 5.08. The van der Waals surface area contributed by atoms with Crippen LogP contribution in [0.1, 0.15) is 50.0 Å². The van der Waals surface area contributed by atoms with Gasteiger partial charge in [-0.2, -0.15) is 5.06 Å². The van der Waals surface area contributed by atoms with Gasteiger partial charge in [-0.1, -0.05) is 50.6 Å². The Morgan fingerprint density at radius 3 is 2.59 bits per heavy atom. The van der Waals surface area contributed by atoms with E-state index >= 15 is 0 Å². The lowest BCUT2D eigenvalue weighted by Gasteiger charge is -2.56. The average molecular weight is 603 g/mol. The molecule has 2 bridgehead atoms. The molecule has 2 aromatic rings. The zero-order valence-electron chi connectivity index (χ0n) is 27.1. The molecule has 9 heteroatoms. The maximum absolute atomic E-state index is 14.1. The molecule has 3 fully saturated rings. The highest BCUT2D eigenvalue weighted by molar-refractivity contribution is 5.97. The lowest BCUT2D eigenvalue weighted by molar-refractivity contribution is -0.184. The molecular weight excluding hydrogens is 556 g/mol. The van der Waals surface area contributed by atoms with Crippen LogP contribution in [-0.4, -0.2) is 76.0 Å². The van der Waals surface area contributed by atoms with Gasteiger partial charge in [0.15, 0.2) is 0 Å². The van der Waals surface area contributed by atoms with Crippen LogP contribution in [0, 0.1) is 23.2 Å². The third-order valence-electron chi connectivity index (χ3n) is 10.7. The molecule has 0 unspecified atom stereocenters. The molecule has 0 aromatic heterocycles. The topological polar surface area (TPSA) is 92.4 Å². The van der Waals surface area contributed by atoms with E-state index in [4.69, 9.17) is 14.3 Å². The molecule has 2 saturated heterocycles. The number of rotatable bonds is 8. The first kappa shape index (κ1) is 30.6. The van der Waals surface area contributed by atoms with Crippen molar-refractivity contribution in [3.8, 4) is 16.9 Å². The van der Waals surface area contributed by atoms with Crippen molar-refractivity contribution in [1.82, 2.24) is 15.7 Å². The van der Waals surface area contributed by atoms with Crippen molar-refractivity contribution in [1.29, 1.82) is 0 Å². The summed E-state index contributed by atoms with van der Waals surface area (Å²) in [7, 11) is 7.19. The fourth-order valence-corrected chi connectivity index (χ4v) is 7.88. The Kier molecular flexibility index (Phi) is 8.01. The first-order chi connectivity index (χ1) is 20.9. The van der Waals surface area contributed by atoms with Crippen molar-refractivity contribution in [2.75, 3.05) is 39.8 Å². The smallest absolute Gasteiger partial charge is 0.251 e. The second-order valence-corrected chi connectivity index (χ2v) is 13.6. The van der Waals surface area contributed by atoms with Crippen LogP contribution in [0.5, 0.6) is 5.75 Å². The molecule has 0 spiro atoms. The number of nitrogens with zero attached hydrogens (tertiary/aromatic N) is 2. The van der Waals surface area contributed by atoms with Crippen molar-refractivity contribution in [3.05, 3.63) is 59.2 Å². The highest BCUT2D eigenvalue weighted by Gasteiger charge is 2.55. The van der Waals surface area contributed by atoms with Gasteiger partial charge in [0, 0.05) is 49.4 Å². The quantitative estimate of drug-likeness (QED) is 0.433. The molecule has 9 nitrogen and oxygen atoms in total. The van der Waals surface area contributed by atoms with Gasteiger partial charge in [0.2, 0.25) is 5.91 Å². The number of benzene rings is 2. The summed E-state index contributed by atoms with van der Waals surface area (Å²) >= 11 is 0. The van der Waals surface area contributed by atoms with Gasteiger partial charge in [-0.25, -0.2) is 0 Å². The number of methoxy groups -OCH3 is 1. The highest BCUT2D eigenvalue weighted by atomic mass is 16.7. The van der Waals surface area contributed by atoms with Crippen LogP contribution in [0.4, 0.5) is 5.69 Å². The number of nitrogens with one attached hydrogen (secondary N) is 2. The predicted molar refractivity (Wildman–Crippen MR) is 170 cm³/mol. The zero-order chi connectivity index (χ0) is 31.5. The Balaban J connectivity index is 1.31. The lowest BCUT2D eigenvalue weighted by atomic mass is 9.50. The normalized spacial score (nSPS) is 30.2. The van der Waals surface area contributed by atoms with Crippen LogP contribution < -0.4 is 20.3 Å². The van der Waals surface area contributed by atoms with E-state index in [0.717, 1.165) is 28.8 Å². The summed E-state index contributed by atoms with van der Waals surface area (Å²) in [5.41, 5.74) is 5.75. The Morgan fingerprint density at radius 1 is 1.16 bits per heavy atom. The first-order valence-electron chi connectivity index (χ1n) is 15.7. The van der Waals surface area contributed by atoms with E-state index in [1.54, 1.807) is 14.2 Å². The van der Waals surface area contributed by atoms with Gasteiger partial charge in [0.1, 0.15) is 17.9 Å². The van der Waals surface area contributed by atoms with Gasteiger partial charge < -0.3 is 25.0 Å².